The number of rotatable bonds is 7. The second-order valence-corrected chi connectivity index (χ2v) is 4.17. The zero-order chi connectivity index (χ0) is 10.9. The van der Waals surface area contributed by atoms with Crippen molar-refractivity contribution < 1.29 is 0 Å². The van der Waals surface area contributed by atoms with Crippen LogP contribution in [0.15, 0.2) is 41.9 Å². The SMILES string of the molecule is C=C(Cl)CNCCCCc1ccccc1. The molecule has 0 atom stereocenters. The van der Waals surface area contributed by atoms with Gasteiger partial charge in [0.1, 0.15) is 0 Å². The molecule has 1 nitrogen and oxygen atoms in total. The first-order chi connectivity index (χ1) is 7.29. The maximum absolute atomic E-state index is 5.63. The Balaban J connectivity index is 2.00. The van der Waals surface area contributed by atoms with Gasteiger partial charge in [0.05, 0.1) is 0 Å². The standard InChI is InChI=1S/C13H18ClN/c1-12(14)11-15-10-6-5-9-13-7-3-2-4-8-13/h2-4,7-8,15H,1,5-6,9-11H2. The molecule has 0 fully saturated rings. The van der Waals surface area contributed by atoms with Crippen LogP contribution in [0.25, 0.3) is 0 Å². The lowest BCUT2D eigenvalue weighted by atomic mass is 10.1. The smallest absolute Gasteiger partial charge is 0.0307 e. The molecule has 0 amide bonds. The van der Waals surface area contributed by atoms with Crippen LogP contribution in [0.4, 0.5) is 0 Å². The lowest BCUT2D eigenvalue weighted by Gasteiger charge is -2.03. The quantitative estimate of drug-likeness (QED) is 0.700. The molecule has 2 heteroatoms. The van der Waals surface area contributed by atoms with Gasteiger partial charge in [0.2, 0.25) is 0 Å². The van der Waals surface area contributed by atoms with Gasteiger partial charge in [-0.15, -0.1) is 0 Å². The molecule has 1 aromatic rings. The van der Waals surface area contributed by atoms with Crippen molar-refractivity contribution in [2.24, 2.45) is 0 Å². The summed E-state index contributed by atoms with van der Waals surface area (Å²) >= 11 is 5.63. The predicted molar refractivity (Wildman–Crippen MR) is 67.2 cm³/mol. The first-order valence-electron chi connectivity index (χ1n) is 5.37. The van der Waals surface area contributed by atoms with Crippen LogP contribution in [-0.4, -0.2) is 13.1 Å². The molecule has 0 saturated heterocycles. The van der Waals surface area contributed by atoms with Crippen LogP contribution >= 0.6 is 11.6 Å². The first kappa shape index (κ1) is 12.3. The topological polar surface area (TPSA) is 12.0 Å². The van der Waals surface area contributed by atoms with Crippen molar-refractivity contribution >= 4 is 11.6 Å². The number of hydrogen-bond donors (Lipinski definition) is 1. The summed E-state index contributed by atoms with van der Waals surface area (Å²) in [6.45, 7) is 5.35. The normalized spacial score (nSPS) is 10.2. The van der Waals surface area contributed by atoms with Crippen LogP contribution in [-0.2, 0) is 6.42 Å². The van der Waals surface area contributed by atoms with Crippen molar-refractivity contribution in [3.8, 4) is 0 Å². The Kier molecular flexibility index (Phi) is 6.14. The highest BCUT2D eigenvalue weighted by Crippen LogP contribution is 2.03. The summed E-state index contributed by atoms with van der Waals surface area (Å²) in [6, 6.07) is 10.6. The van der Waals surface area contributed by atoms with E-state index in [9.17, 15) is 0 Å². The van der Waals surface area contributed by atoms with Gasteiger partial charge in [-0.25, -0.2) is 0 Å². The molecule has 0 spiro atoms. The van der Waals surface area contributed by atoms with Gasteiger partial charge in [0, 0.05) is 11.6 Å². The fraction of sp³-hybridized carbons (Fsp3) is 0.385. The Morgan fingerprint density at radius 1 is 1.20 bits per heavy atom. The lowest BCUT2D eigenvalue weighted by molar-refractivity contribution is 0.653. The molecule has 1 rings (SSSR count). The number of aryl methyl sites for hydroxylation is 1. The van der Waals surface area contributed by atoms with Crippen LogP contribution in [0.3, 0.4) is 0 Å². The minimum atomic E-state index is 0.679. The van der Waals surface area contributed by atoms with Gasteiger partial charge in [-0.3, -0.25) is 0 Å². The van der Waals surface area contributed by atoms with Crippen molar-refractivity contribution in [2.45, 2.75) is 19.3 Å². The Labute approximate surface area is 97.1 Å². The molecule has 0 unspecified atom stereocenters. The predicted octanol–water partition coefficient (Wildman–Crippen LogP) is 3.35. The molecule has 1 N–H and O–H groups in total. The molecule has 82 valence electrons. The summed E-state index contributed by atoms with van der Waals surface area (Å²) in [6.07, 6.45) is 3.55. The summed E-state index contributed by atoms with van der Waals surface area (Å²) in [5, 5.41) is 3.92. The highest BCUT2D eigenvalue weighted by Gasteiger charge is 1.92. The number of nitrogens with one attached hydrogen (secondary N) is 1. The minimum absolute atomic E-state index is 0.679. The zero-order valence-electron chi connectivity index (χ0n) is 9.01. The minimum Gasteiger partial charge on any atom is -0.312 e. The lowest BCUT2D eigenvalue weighted by Crippen LogP contribution is -2.16. The third kappa shape index (κ3) is 6.32. The van der Waals surface area contributed by atoms with Gasteiger partial charge in [-0.05, 0) is 31.4 Å². The molecule has 0 saturated carbocycles. The molecule has 0 aliphatic heterocycles. The molecular formula is C13H18ClN. The van der Waals surface area contributed by atoms with E-state index >= 15 is 0 Å². The molecule has 0 aromatic heterocycles. The van der Waals surface area contributed by atoms with E-state index in [1.807, 2.05) is 0 Å². The molecular weight excluding hydrogens is 206 g/mol. The third-order valence-corrected chi connectivity index (χ3v) is 2.36. The number of halogens is 1. The maximum Gasteiger partial charge on any atom is 0.0307 e. The summed E-state index contributed by atoms with van der Waals surface area (Å²) in [5.74, 6) is 0. The van der Waals surface area contributed by atoms with Crippen molar-refractivity contribution in [2.75, 3.05) is 13.1 Å². The average Bonchev–Trinajstić information content (AvgIpc) is 2.24. The van der Waals surface area contributed by atoms with E-state index in [-0.39, 0.29) is 0 Å². The van der Waals surface area contributed by atoms with E-state index in [4.69, 9.17) is 11.6 Å². The fourth-order valence-electron chi connectivity index (χ4n) is 1.45. The molecule has 0 radical (unpaired) electrons. The van der Waals surface area contributed by atoms with E-state index in [2.05, 4.69) is 42.2 Å². The highest BCUT2D eigenvalue weighted by atomic mass is 35.5. The summed E-state index contributed by atoms with van der Waals surface area (Å²) in [4.78, 5) is 0. The van der Waals surface area contributed by atoms with Crippen LogP contribution in [0.1, 0.15) is 18.4 Å². The molecule has 0 aliphatic rings. The van der Waals surface area contributed by atoms with E-state index in [0.717, 1.165) is 13.0 Å². The second-order valence-electron chi connectivity index (χ2n) is 3.64. The van der Waals surface area contributed by atoms with Gasteiger partial charge in [-0.2, -0.15) is 0 Å². The first-order valence-corrected chi connectivity index (χ1v) is 5.75. The van der Waals surface area contributed by atoms with Gasteiger partial charge in [0.15, 0.2) is 0 Å². The maximum atomic E-state index is 5.63. The summed E-state index contributed by atoms with van der Waals surface area (Å²) in [7, 11) is 0. The van der Waals surface area contributed by atoms with E-state index in [1.54, 1.807) is 0 Å². The molecule has 0 heterocycles. The molecule has 0 aliphatic carbocycles. The van der Waals surface area contributed by atoms with Crippen LogP contribution in [0, 0.1) is 0 Å². The number of benzene rings is 1. The Morgan fingerprint density at radius 2 is 1.93 bits per heavy atom. The molecule has 15 heavy (non-hydrogen) atoms. The average molecular weight is 224 g/mol. The fourth-order valence-corrected chi connectivity index (χ4v) is 1.54. The van der Waals surface area contributed by atoms with Gasteiger partial charge < -0.3 is 5.32 Å². The number of hydrogen-bond acceptors (Lipinski definition) is 1. The summed E-state index contributed by atoms with van der Waals surface area (Å²) in [5.41, 5.74) is 1.42. The van der Waals surface area contributed by atoms with Crippen LogP contribution in [0.2, 0.25) is 0 Å². The molecule has 0 bridgehead atoms. The Hall–Kier alpha value is -0.790. The van der Waals surface area contributed by atoms with Crippen molar-refractivity contribution in [1.29, 1.82) is 0 Å². The van der Waals surface area contributed by atoms with Crippen molar-refractivity contribution in [1.82, 2.24) is 5.32 Å². The highest BCUT2D eigenvalue weighted by molar-refractivity contribution is 6.29. The van der Waals surface area contributed by atoms with Crippen LogP contribution in [0.5, 0.6) is 0 Å². The van der Waals surface area contributed by atoms with Gasteiger partial charge in [-0.1, -0.05) is 48.5 Å². The monoisotopic (exact) mass is 223 g/mol. The Bertz CT molecular complexity index is 282. The Morgan fingerprint density at radius 3 is 2.60 bits per heavy atom. The van der Waals surface area contributed by atoms with E-state index < -0.39 is 0 Å². The van der Waals surface area contributed by atoms with Crippen molar-refractivity contribution in [3.05, 3.63) is 47.5 Å². The number of unbranched alkanes of at least 4 members (excludes halogenated alkanes) is 1. The third-order valence-electron chi connectivity index (χ3n) is 2.23. The van der Waals surface area contributed by atoms with Crippen molar-refractivity contribution in [3.63, 3.8) is 0 Å². The van der Waals surface area contributed by atoms with Crippen LogP contribution < -0.4 is 5.32 Å². The van der Waals surface area contributed by atoms with E-state index in [1.165, 1.54) is 18.4 Å². The second kappa shape index (κ2) is 7.49. The zero-order valence-corrected chi connectivity index (χ0v) is 9.76. The summed E-state index contributed by atoms with van der Waals surface area (Å²) < 4.78 is 0. The van der Waals surface area contributed by atoms with E-state index in [0.29, 0.717) is 11.6 Å². The largest absolute Gasteiger partial charge is 0.312 e. The van der Waals surface area contributed by atoms with Gasteiger partial charge >= 0.3 is 0 Å². The van der Waals surface area contributed by atoms with Gasteiger partial charge in [0.25, 0.3) is 0 Å². The molecule has 1 aromatic carbocycles.